The lowest BCUT2D eigenvalue weighted by atomic mass is 10.0. The lowest BCUT2D eigenvalue weighted by molar-refractivity contribution is 0.543. The maximum absolute atomic E-state index is 4.43. The number of aryl methyl sites for hydroxylation is 1. The highest BCUT2D eigenvalue weighted by atomic mass is 15.4. The number of hydrogen-bond donors (Lipinski definition) is 0. The van der Waals surface area contributed by atoms with E-state index in [-0.39, 0.29) is 6.04 Å². The lowest BCUT2D eigenvalue weighted by Crippen LogP contribution is -2.08. The van der Waals surface area contributed by atoms with Crippen molar-refractivity contribution in [1.82, 2.24) is 24.5 Å². The van der Waals surface area contributed by atoms with Gasteiger partial charge >= 0.3 is 0 Å². The van der Waals surface area contributed by atoms with Crippen LogP contribution in [0.15, 0.2) is 146 Å². The van der Waals surface area contributed by atoms with E-state index in [1.807, 2.05) is 29.2 Å². The highest BCUT2D eigenvalue weighted by molar-refractivity contribution is 5.88. The van der Waals surface area contributed by atoms with Gasteiger partial charge in [0.2, 0.25) is 0 Å². The maximum Gasteiger partial charge on any atom is 0.114 e. The van der Waals surface area contributed by atoms with Gasteiger partial charge in [0.25, 0.3) is 0 Å². The molecule has 1 unspecified atom stereocenters. The fourth-order valence-electron chi connectivity index (χ4n) is 5.60. The summed E-state index contributed by atoms with van der Waals surface area (Å²) in [6, 6.07) is 45.2. The molecule has 4 aromatic carbocycles. The molecule has 5 nitrogen and oxygen atoms in total. The van der Waals surface area contributed by atoms with E-state index in [0.29, 0.717) is 0 Å². The van der Waals surface area contributed by atoms with Crippen molar-refractivity contribution in [2.75, 3.05) is 0 Å². The van der Waals surface area contributed by atoms with Crippen LogP contribution in [0.5, 0.6) is 0 Å². The monoisotopic (exact) mass is 557 g/mol. The smallest absolute Gasteiger partial charge is 0.114 e. The van der Waals surface area contributed by atoms with Gasteiger partial charge in [-0.3, -0.25) is 4.98 Å². The van der Waals surface area contributed by atoms with Crippen LogP contribution in [0.1, 0.15) is 24.1 Å². The molecule has 0 amide bonds. The topological polar surface area (TPSA) is 48.5 Å². The molecule has 43 heavy (non-hydrogen) atoms. The molecule has 3 heterocycles. The second kappa shape index (κ2) is 11.4. The van der Waals surface area contributed by atoms with Crippen molar-refractivity contribution in [2.24, 2.45) is 0 Å². The van der Waals surface area contributed by atoms with Gasteiger partial charge in [-0.1, -0.05) is 108 Å². The Morgan fingerprint density at radius 2 is 1.33 bits per heavy atom. The van der Waals surface area contributed by atoms with E-state index < -0.39 is 0 Å². The zero-order chi connectivity index (χ0) is 29.2. The SMILES string of the molecule is Cc1ccc(-c2cc(-c3ccccc3)c(-c3ccccc3)n2-c2ccc(C(C)n3cc(-c4cccnc4)nn3)cc2)cc1. The van der Waals surface area contributed by atoms with E-state index >= 15 is 0 Å². The van der Waals surface area contributed by atoms with Crippen LogP contribution in [0, 0.1) is 6.92 Å². The molecule has 7 aromatic rings. The highest BCUT2D eigenvalue weighted by Gasteiger charge is 2.21. The minimum Gasteiger partial charge on any atom is -0.309 e. The first-order valence-corrected chi connectivity index (χ1v) is 14.5. The number of aromatic nitrogens is 5. The predicted octanol–water partition coefficient (Wildman–Crippen LogP) is 9.05. The summed E-state index contributed by atoms with van der Waals surface area (Å²) in [7, 11) is 0. The summed E-state index contributed by atoms with van der Waals surface area (Å²) in [6.07, 6.45) is 5.56. The molecule has 0 aliphatic rings. The van der Waals surface area contributed by atoms with Gasteiger partial charge < -0.3 is 4.57 Å². The molecule has 0 spiro atoms. The van der Waals surface area contributed by atoms with Crippen LogP contribution in [0.25, 0.3) is 50.6 Å². The van der Waals surface area contributed by atoms with Gasteiger partial charge in [-0.25, -0.2) is 4.68 Å². The van der Waals surface area contributed by atoms with E-state index in [1.54, 1.807) is 6.20 Å². The quantitative estimate of drug-likeness (QED) is 0.196. The zero-order valence-corrected chi connectivity index (χ0v) is 24.2. The molecular formula is C38H31N5. The largest absolute Gasteiger partial charge is 0.309 e. The van der Waals surface area contributed by atoms with E-state index in [9.17, 15) is 0 Å². The van der Waals surface area contributed by atoms with Gasteiger partial charge in [0.1, 0.15) is 5.69 Å². The number of pyridine rings is 1. The standard InChI is InChI=1S/C38H31N5/c1-27-15-17-31(18-16-27)37-24-35(30-10-5-3-6-11-30)38(32-12-7-4-8-13-32)43(37)34-21-19-29(20-22-34)28(2)42-26-36(40-41-42)33-14-9-23-39-25-33/h3-26,28H,1-2H3. The summed E-state index contributed by atoms with van der Waals surface area (Å²) in [5, 5.41) is 8.83. The van der Waals surface area contributed by atoms with Gasteiger partial charge in [0.05, 0.1) is 23.6 Å². The third kappa shape index (κ3) is 5.17. The molecule has 5 heteroatoms. The van der Waals surface area contributed by atoms with E-state index in [1.165, 1.54) is 33.5 Å². The minimum absolute atomic E-state index is 0.0154. The summed E-state index contributed by atoms with van der Waals surface area (Å²) in [5.41, 5.74) is 12.3. The molecule has 1 atom stereocenters. The predicted molar refractivity (Wildman–Crippen MR) is 174 cm³/mol. The van der Waals surface area contributed by atoms with Crippen molar-refractivity contribution >= 4 is 0 Å². The van der Waals surface area contributed by atoms with Crippen LogP contribution in [-0.2, 0) is 0 Å². The van der Waals surface area contributed by atoms with Crippen molar-refractivity contribution < 1.29 is 0 Å². The minimum atomic E-state index is 0.0154. The Hall–Kier alpha value is -5.55. The summed E-state index contributed by atoms with van der Waals surface area (Å²) in [4.78, 5) is 4.22. The van der Waals surface area contributed by atoms with Crippen LogP contribution >= 0.6 is 0 Å². The number of nitrogens with zero attached hydrogens (tertiary/aromatic N) is 5. The van der Waals surface area contributed by atoms with Crippen LogP contribution in [-0.4, -0.2) is 24.5 Å². The Morgan fingerprint density at radius 1 is 0.651 bits per heavy atom. The summed E-state index contributed by atoms with van der Waals surface area (Å²) in [6.45, 7) is 4.27. The average Bonchev–Trinajstić information content (AvgIpc) is 3.73. The first-order chi connectivity index (χ1) is 21.2. The van der Waals surface area contributed by atoms with E-state index in [0.717, 1.165) is 28.2 Å². The Labute approximate surface area is 251 Å². The molecule has 7 rings (SSSR count). The van der Waals surface area contributed by atoms with Crippen LogP contribution < -0.4 is 0 Å². The number of rotatable bonds is 7. The molecule has 0 saturated carbocycles. The van der Waals surface area contributed by atoms with Crippen molar-refractivity contribution in [3.8, 4) is 50.6 Å². The van der Waals surface area contributed by atoms with Crippen LogP contribution in [0.2, 0.25) is 0 Å². The van der Waals surface area contributed by atoms with Crippen molar-refractivity contribution in [3.05, 3.63) is 157 Å². The maximum atomic E-state index is 4.43. The summed E-state index contributed by atoms with van der Waals surface area (Å²) < 4.78 is 4.31. The number of benzene rings is 4. The molecule has 0 aliphatic heterocycles. The van der Waals surface area contributed by atoms with E-state index in [4.69, 9.17) is 0 Å². The molecule has 0 N–H and O–H groups in total. The van der Waals surface area contributed by atoms with E-state index in [2.05, 4.69) is 149 Å². The normalized spacial score (nSPS) is 11.9. The molecule has 0 radical (unpaired) electrons. The second-order valence-corrected chi connectivity index (χ2v) is 10.8. The van der Waals surface area contributed by atoms with Gasteiger partial charge in [0, 0.05) is 29.2 Å². The van der Waals surface area contributed by atoms with Gasteiger partial charge in [-0.05, 0) is 66.4 Å². The molecule has 0 fully saturated rings. The fourth-order valence-corrected chi connectivity index (χ4v) is 5.60. The lowest BCUT2D eigenvalue weighted by Gasteiger charge is -2.17. The van der Waals surface area contributed by atoms with Crippen LogP contribution in [0.4, 0.5) is 0 Å². The molecule has 0 bridgehead atoms. The molecule has 3 aromatic heterocycles. The summed E-state index contributed by atoms with van der Waals surface area (Å²) in [5.74, 6) is 0. The van der Waals surface area contributed by atoms with Crippen molar-refractivity contribution in [3.63, 3.8) is 0 Å². The Balaban J connectivity index is 1.35. The summed E-state index contributed by atoms with van der Waals surface area (Å²) >= 11 is 0. The second-order valence-electron chi connectivity index (χ2n) is 10.8. The first-order valence-electron chi connectivity index (χ1n) is 14.5. The van der Waals surface area contributed by atoms with Gasteiger partial charge in [-0.15, -0.1) is 5.10 Å². The third-order valence-electron chi connectivity index (χ3n) is 7.98. The molecule has 0 aliphatic carbocycles. The molecule has 208 valence electrons. The third-order valence-corrected chi connectivity index (χ3v) is 7.98. The highest BCUT2D eigenvalue weighted by Crippen LogP contribution is 2.41. The van der Waals surface area contributed by atoms with Gasteiger partial charge in [-0.2, -0.15) is 0 Å². The average molecular weight is 558 g/mol. The number of hydrogen-bond acceptors (Lipinski definition) is 3. The van der Waals surface area contributed by atoms with Crippen molar-refractivity contribution in [2.45, 2.75) is 19.9 Å². The Bertz CT molecular complexity index is 1950. The molecular weight excluding hydrogens is 526 g/mol. The fraction of sp³-hybridized carbons (Fsp3) is 0.0789. The Morgan fingerprint density at radius 3 is 2.00 bits per heavy atom. The molecule has 0 saturated heterocycles. The van der Waals surface area contributed by atoms with Crippen LogP contribution in [0.3, 0.4) is 0 Å². The van der Waals surface area contributed by atoms with Gasteiger partial charge in [0.15, 0.2) is 0 Å². The first kappa shape index (κ1) is 26.4. The zero-order valence-electron chi connectivity index (χ0n) is 24.2. The Kier molecular flexibility index (Phi) is 6.97. The van der Waals surface area contributed by atoms with Crippen molar-refractivity contribution in [1.29, 1.82) is 0 Å².